The summed E-state index contributed by atoms with van der Waals surface area (Å²) in [6.45, 7) is 9.50. The van der Waals surface area contributed by atoms with Crippen LogP contribution in [0.2, 0.25) is 0 Å². The molecule has 0 aromatic heterocycles. The van der Waals surface area contributed by atoms with Crippen LogP contribution in [0.1, 0.15) is 56.5 Å². The van der Waals surface area contributed by atoms with Gasteiger partial charge in [-0.25, -0.2) is 13.1 Å². The van der Waals surface area contributed by atoms with Gasteiger partial charge in [0.25, 0.3) is 5.91 Å². The van der Waals surface area contributed by atoms with E-state index >= 15 is 0 Å². The van der Waals surface area contributed by atoms with E-state index in [1.165, 1.54) is 24.3 Å². The van der Waals surface area contributed by atoms with Gasteiger partial charge in [0, 0.05) is 16.8 Å². The van der Waals surface area contributed by atoms with Crippen molar-refractivity contribution in [2.75, 3.05) is 5.32 Å². The maximum absolute atomic E-state index is 12.4. The van der Waals surface area contributed by atoms with Crippen LogP contribution < -0.4 is 10.0 Å². The lowest BCUT2D eigenvalue weighted by Gasteiger charge is -2.20. The van der Waals surface area contributed by atoms with Gasteiger partial charge in [0.1, 0.15) is 0 Å². The molecule has 0 bridgehead atoms. The highest BCUT2D eigenvalue weighted by atomic mass is 32.2. The monoisotopic (exact) mass is 374 g/mol. The Balaban J connectivity index is 2.15. The number of sulfonamides is 1. The van der Waals surface area contributed by atoms with E-state index in [-0.39, 0.29) is 10.8 Å². The summed E-state index contributed by atoms with van der Waals surface area (Å²) >= 11 is 0. The first-order valence-electron chi connectivity index (χ1n) is 8.53. The second-order valence-corrected chi connectivity index (χ2v) is 9.30. The zero-order valence-electron chi connectivity index (χ0n) is 15.8. The van der Waals surface area contributed by atoms with Gasteiger partial charge >= 0.3 is 0 Å². The molecule has 0 unspecified atom stereocenters. The summed E-state index contributed by atoms with van der Waals surface area (Å²) in [5.41, 5.74) is 1.68. The lowest BCUT2D eigenvalue weighted by Crippen LogP contribution is -2.40. The normalized spacial score (nSPS) is 12.2. The molecular formula is C20H26N2O3S. The molecule has 2 rings (SSSR count). The highest BCUT2D eigenvalue weighted by molar-refractivity contribution is 7.89. The Morgan fingerprint density at radius 1 is 1.00 bits per heavy atom. The molecule has 2 aromatic rings. The van der Waals surface area contributed by atoms with Crippen molar-refractivity contribution in [1.82, 2.24) is 4.72 Å². The smallest absolute Gasteiger partial charge is 0.255 e. The summed E-state index contributed by atoms with van der Waals surface area (Å²) in [5, 5.41) is 2.85. The highest BCUT2D eigenvalue weighted by Crippen LogP contribution is 2.20. The van der Waals surface area contributed by atoms with Crippen molar-refractivity contribution in [2.24, 2.45) is 0 Å². The van der Waals surface area contributed by atoms with Gasteiger partial charge in [-0.15, -0.1) is 0 Å². The molecular weight excluding hydrogens is 348 g/mol. The van der Waals surface area contributed by atoms with Gasteiger partial charge < -0.3 is 5.32 Å². The minimum absolute atomic E-state index is 0.130. The zero-order valence-corrected chi connectivity index (χ0v) is 16.6. The zero-order chi connectivity index (χ0) is 19.5. The predicted molar refractivity (Wildman–Crippen MR) is 105 cm³/mol. The molecule has 2 N–H and O–H groups in total. The number of carbonyl (C=O) groups is 1. The number of rotatable bonds is 5. The van der Waals surface area contributed by atoms with Gasteiger partial charge in [0.05, 0.1) is 4.90 Å². The number of nitrogens with one attached hydrogen (secondary N) is 2. The summed E-state index contributed by atoms with van der Waals surface area (Å²) in [7, 11) is -3.62. The van der Waals surface area contributed by atoms with Crippen LogP contribution in [0.15, 0.2) is 53.4 Å². The fourth-order valence-electron chi connectivity index (χ4n) is 2.43. The molecule has 6 heteroatoms. The molecule has 0 fully saturated rings. The Hall–Kier alpha value is -2.18. The molecule has 0 aliphatic rings. The topological polar surface area (TPSA) is 75.3 Å². The van der Waals surface area contributed by atoms with Crippen molar-refractivity contribution >= 4 is 21.6 Å². The van der Waals surface area contributed by atoms with Crippen molar-refractivity contribution in [3.8, 4) is 0 Å². The van der Waals surface area contributed by atoms with E-state index in [2.05, 4.69) is 23.9 Å². The third-order valence-corrected chi connectivity index (χ3v) is 5.45. The van der Waals surface area contributed by atoms with Gasteiger partial charge in [-0.3, -0.25) is 4.79 Å². The number of hydrogen-bond acceptors (Lipinski definition) is 3. The van der Waals surface area contributed by atoms with E-state index in [9.17, 15) is 13.2 Å². The van der Waals surface area contributed by atoms with Crippen molar-refractivity contribution in [3.63, 3.8) is 0 Å². The third kappa shape index (κ3) is 5.41. The third-order valence-electron chi connectivity index (χ3n) is 3.68. The molecule has 0 radical (unpaired) electrons. The summed E-state index contributed by atoms with van der Waals surface area (Å²) in [4.78, 5) is 12.5. The summed E-state index contributed by atoms with van der Waals surface area (Å²) in [6.07, 6.45) is 0. The molecule has 0 heterocycles. The van der Waals surface area contributed by atoms with E-state index in [1.54, 1.807) is 20.8 Å². The summed E-state index contributed by atoms with van der Waals surface area (Å²) in [6, 6.07) is 13.6. The Kier molecular flexibility index (Phi) is 5.88. The Bertz CT molecular complexity index is 880. The van der Waals surface area contributed by atoms with E-state index in [4.69, 9.17) is 0 Å². The minimum atomic E-state index is -3.62. The molecule has 0 spiro atoms. The van der Waals surface area contributed by atoms with Gasteiger partial charge in [-0.2, -0.15) is 0 Å². The SMILES string of the molecule is CC(C)c1cccc(NC(=O)c2ccc(S(=O)(=O)NC(C)(C)C)cc2)c1. The molecule has 5 nitrogen and oxygen atoms in total. The van der Waals surface area contributed by atoms with Gasteiger partial charge in [-0.1, -0.05) is 26.0 Å². The maximum atomic E-state index is 12.4. The lowest BCUT2D eigenvalue weighted by atomic mass is 10.0. The molecule has 140 valence electrons. The molecule has 0 aliphatic heterocycles. The van der Waals surface area contributed by atoms with E-state index in [0.717, 1.165) is 5.56 Å². The standard InChI is InChI=1S/C20H26N2O3S/c1-14(2)16-7-6-8-17(13-16)21-19(23)15-9-11-18(12-10-15)26(24,25)22-20(3,4)5/h6-14,22H,1-5H3,(H,21,23). The highest BCUT2D eigenvalue weighted by Gasteiger charge is 2.22. The van der Waals surface area contributed by atoms with Crippen molar-refractivity contribution in [3.05, 3.63) is 59.7 Å². The molecule has 0 saturated heterocycles. The Morgan fingerprint density at radius 3 is 2.15 bits per heavy atom. The van der Waals surface area contributed by atoms with Gasteiger partial charge in [-0.05, 0) is 68.7 Å². The summed E-state index contributed by atoms with van der Waals surface area (Å²) < 4.78 is 27.2. The first-order chi connectivity index (χ1) is 12.0. The number of amides is 1. The van der Waals surface area contributed by atoms with Crippen LogP contribution >= 0.6 is 0 Å². The second-order valence-electron chi connectivity index (χ2n) is 7.61. The number of hydrogen-bond donors (Lipinski definition) is 2. The van der Waals surface area contributed by atoms with Crippen LogP contribution in [0.4, 0.5) is 5.69 Å². The first kappa shape index (κ1) is 20.1. The van der Waals surface area contributed by atoms with E-state index < -0.39 is 15.6 Å². The van der Waals surface area contributed by atoms with Crippen LogP contribution in [0.25, 0.3) is 0 Å². The molecule has 0 atom stereocenters. The van der Waals surface area contributed by atoms with Crippen LogP contribution in [-0.4, -0.2) is 19.9 Å². The van der Waals surface area contributed by atoms with Crippen LogP contribution in [0.5, 0.6) is 0 Å². The first-order valence-corrected chi connectivity index (χ1v) is 10.0. The average Bonchev–Trinajstić information content (AvgIpc) is 2.53. The van der Waals surface area contributed by atoms with Crippen molar-refractivity contribution in [2.45, 2.75) is 51.0 Å². The molecule has 26 heavy (non-hydrogen) atoms. The van der Waals surface area contributed by atoms with Crippen LogP contribution in [0.3, 0.4) is 0 Å². The lowest BCUT2D eigenvalue weighted by molar-refractivity contribution is 0.102. The van der Waals surface area contributed by atoms with Gasteiger partial charge in [0.15, 0.2) is 0 Å². The summed E-state index contributed by atoms with van der Waals surface area (Å²) in [5.74, 6) is 0.0882. The van der Waals surface area contributed by atoms with Crippen LogP contribution in [0, 0.1) is 0 Å². The number of anilines is 1. The molecule has 2 aromatic carbocycles. The number of carbonyl (C=O) groups excluding carboxylic acids is 1. The minimum Gasteiger partial charge on any atom is -0.322 e. The largest absolute Gasteiger partial charge is 0.322 e. The van der Waals surface area contributed by atoms with Crippen molar-refractivity contribution in [1.29, 1.82) is 0 Å². The predicted octanol–water partition coefficient (Wildman–Crippen LogP) is 4.14. The maximum Gasteiger partial charge on any atom is 0.255 e. The number of benzene rings is 2. The quantitative estimate of drug-likeness (QED) is 0.826. The van der Waals surface area contributed by atoms with Crippen molar-refractivity contribution < 1.29 is 13.2 Å². The molecule has 0 aliphatic carbocycles. The second kappa shape index (κ2) is 7.60. The fourth-order valence-corrected chi connectivity index (χ4v) is 3.84. The Labute approximate surface area is 155 Å². The van der Waals surface area contributed by atoms with Crippen LogP contribution in [-0.2, 0) is 10.0 Å². The van der Waals surface area contributed by atoms with E-state index in [0.29, 0.717) is 17.2 Å². The van der Waals surface area contributed by atoms with Gasteiger partial charge in [0.2, 0.25) is 10.0 Å². The fraction of sp³-hybridized carbons (Fsp3) is 0.350. The average molecular weight is 375 g/mol. The molecule has 1 amide bonds. The Morgan fingerprint density at radius 2 is 1.62 bits per heavy atom. The van der Waals surface area contributed by atoms with E-state index in [1.807, 2.05) is 24.3 Å². The molecule has 0 saturated carbocycles.